The molecule has 5 heteroatoms. The van der Waals surface area contributed by atoms with E-state index in [-0.39, 0.29) is 18.6 Å². The molecule has 1 aromatic rings. The molecule has 1 aromatic carbocycles. The maximum Gasteiger partial charge on any atom is 0.257 e. The summed E-state index contributed by atoms with van der Waals surface area (Å²) in [6.45, 7) is 8.13. The first-order valence-corrected chi connectivity index (χ1v) is 7.01. The highest BCUT2D eigenvalue weighted by Crippen LogP contribution is 2.17. The Kier molecular flexibility index (Phi) is 7.50. The van der Waals surface area contributed by atoms with E-state index < -0.39 is 0 Å². The van der Waals surface area contributed by atoms with Gasteiger partial charge in [0.25, 0.3) is 5.91 Å². The van der Waals surface area contributed by atoms with Gasteiger partial charge in [-0.1, -0.05) is 6.92 Å². The van der Waals surface area contributed by atoms with Crippen molar-refractivity contribution in [2.45, 2.75) is 26.8 Å². The van der Waals surface area contributed by atoms with Crippen LogP contribution in [0.5, 0.6) is 11.5 Å². The van der Waals surface area contributed by atoms with Crippen molar-refractivity contribution in [2.75, 3.05) is 26.3 Å². The minimum Gasteiger partial charge on any atom is -0.494 e. The van der Waals surface area contributed by atoms with Crippen molar-refractivity contribution in [3.63, 3.8) is 0 Å². The van der Waals surface area contributed by atoms with E-state index in [0.29, 0.717) is 18.9 Å². The van der Waals surface area contributed by atoms with Crippen molar-refractivity contribution in [1.82, 2.24) is 10.6 Å². The van der Waals surface area contributed by atoms with Gasteiger partial charge in [0.15, 0.2) is 6.61 Å². The van der Waals surface area contributed by atoms with Gasteiger partial charge in [-0.25, -0.2) is 0 Å². The van der Waals surface area contributed by atoms with E-state index in [1.165, 1.54) is 0 Å². The molecule has 0 fully saturated rings. The van der Waals surface area contributed by atoms with E-state index in [0.717, 1.165) is 12.3 Å². The molecular formula is C15H24N2O3. The molecule has 0 aliphatic rings. The quantitative estimate of drug-likeness (QED) is 0.721. The Labute approximate surface area is 120 Å². The summed E-state index contributed by atoms with van der Waals surface area (Å²) in [6.07, 6.45) is 0. The van der Waals surface area contributed by atoms with Gasteiger partial charge < -0.3 is 20.1 Å². The third-order valence-electron chi connectivity index (χ3n) is 2.66. The number of likely N-dealkylation sites (N-methyl/N-ethyl adjacent to an activating group) is 1. The van der Waals surface area contributed by atoms with E-state index in [2.05, 4.69) is 10.6 Å². The number of benzene rings is 1. The number of carbonyl (C=O) groups is 1. The SMILES string of the molecule is CCN[C@H](C)CNC(=O)COc1ccc(OCC)cc1. The van der Waals surface area contributed by atoms with Gasteiger partial charge in [-0.3, -0.25) is 4.79 Å². The van der Waals surface area contributed by atoms with Crippen molar-refractivity contribution in [3.8, 4) is 11.5 Å². The molecule has 1 rings (SSSR count). The van der Waals surface area contributed by atoms with Crippen molar-refractivity contribution >= 4 is 5.91 Å². The summed E-state index contributed by atoms with van der Waals surface area (Å²) in [5.41, 5.74) is 0. The van der Waals surface area contributed by atoms with E-state index in [1.54, 1.807) is 12.1 Å². The second kappa shape index (κ2) is 9.20. The number of nitrogens with one attached hydrogen (secondary N) is 2. The lowest BCUT2D eigenvalue weighted by molar-refractivity contribution is -0.123. The molecule has 0 radical (unpaired) electrons. The second-order valence-corrected chi connectivity index (χ2v) is 4.46. The van der Waals surface area contributed by atoms with Crippen molar-refractivity contribution in [3.05, 3.63) is 24.3 Å². The van der Waals surface area contributed by atoms with Crippen molar-refractivity contribution in [2.24, 2.45) is 0 Å². The van der Waals surface area contributed by atoms with Crippen molar-refractivity contribution in [1.29, 1.82) is 0 Å². The summed E-state index contributed by atoms with van der Waals surface area (Å²) in [6, 6.07) is 7.49. The zero-order valence-electron chi connectivity index (χ0n) is 12.4. The van der Waals surface area contributed by atoms with E-state index in [9.17, 15) is 4.79 Å². The minimum atomic E-state index is -0.122. The minimum absolute atomic E-state index is 0.0207. The molecule has 0 heterocycles. The number of ether oxygens (including phenoxy) is 2. The van der Waals surface area contributed by atoms with Crippen LogP contribution in [-0.4, -0.2) is 38.3 Å². The van der Waals surface area contributed by atoms with Crippen LogP contribution in [0, 0.1) is 0 Å². The zero-order valence-corrected chi connectivity index (χ0v) is 12.4. The molecule has 112 valence electrons. The molecule has 20 heavy (non-hydrogen) atoms. The Balaban J connectivity index is 2.26. The zero-order chi connectivity index (χ0) is 14.8. The highest BCUT2D eigenvalue weighted by Gasteiger charge is 2.05. The molecule has 2 N–H and O–H groups in total. The molecule has 5 nitrogen and oxygen atoms in total. The molecule has 1 atom stereocenters. The van der Waals surface area contributed by atoms with Crippen LogP contribution in [0.25, 0.3) is 0 Å². The second-order valence-electron chi connectivity index (χ2n) is 4.46. The molecule has 0 spiro atoms. The van der Waals surface area contributed by atoms with Crippen LogP contribution in [0.3, 0.4) is 0 Å². The number of carbonyl (C=O) groups excluding carboxylic acids is 1. The normalized spacial score (nSPS) is 11.8. The van der Waals surface area contributed by atoms with Crippen LogP contribution >= 0.6 is 0 Å². The summed E-state index contributed by atoms with van der Waals surface area (Å²) in [4.78, 5) is 11.6. The molecular weight excluding hydrogens is 256 g/mol. The van der Waals surface area contributed by atoms with Crippen LogP contribution in [0.2, 0.25) is 0 Å². The first kappa shape index (κ1) is 16.3. The molecule has 0 aliphatic heterocycles. The maximum absolute atomic E-state index is 11.6. The predicted octanol–water partition coefficient (Wildman–Crippen LogP) is 1.58. The van der Waals surface area contributed by atoms with Crippen LogP contribution in [0.1, 0.15) is 20.8 Å². The first-order chi connectivity index (χ1) is 9.65. The van der Waals surface area contributed by atoms with Crippen LogP contribution in [0.4, 0.5) is 0 Å². The predicted molar refractivity (Wildman–Crippen MR) is 79.3 cm³/mol. The summed E-state index contributed by atoms with van der Waals surface area (Å²) < 4.78 is 10.7. The number of hydrogen-bond donors (Lipinski definition) is 2. The fourth-order valence-electron chi connectivity index (χ4n) is 1.69. The number of hydrogen-bond acceptors (Lipinski definition) is 4. The summed E-state index contributed by atoms with van der Waals surface area (Å²) in [5.74, 6) is 1.33. The standard InChI is InChI=1S/C15H24N2O3/c1-4-16-12(3)10-17-15(18)11-20-14-8-6-13(7-9-14)19-5-2/h6-9,12,16H,4-5,10-11H2,1-3H3,(H,17,18)/t12-/m1/s1. The molecule has 0 saturated heterocycles. The Morgan fingerprint density at radius 1 is 1.15 bits per heavy atom. The lowest BCUT2D eigenvalue weighted by Gasteiger charge is -2.13. The summed E-state index contributed by atoms with van der Waals surface area (Å²) in [7, 11) is 0. The molecule has 0 saturated carbocycles. The maximum atomic E-state index is 11.6. The summed E-state index contributed by atoms with van der Waals surface area (Å²) in [5, 5.41) is 6.04. The Morgan fingerprint density at radius 3 is 2.30 bits per heavy atom. The largest absolute Gasteiger partial charge is 0.494 e. The van der Waals surface area contributed by atoms with Crippen LogP contribution in [0.15, 0.2) is 24.3 Å². The van der Waals surface area contributed by atoms with Gasteiger partial charge in [0.2, 0.25) is 0 Å². The average Bonchev–Trinajstić information content (AvgIpc) is 2.45. The van der Waals surface area contributed by atoms with Gasteiger partial charge in [-0.05, 0) is 44.7 Å². The fourth-order valence-corrected chi connectivity index (χ4v) is 1.69. The first-order valence-electron chi connectivity index (χ1n) is 7.01. The fraction of sp³-hybridized carbons (Fsp3) is 0.533. The van der Waals surface area contributed by atoms with E-state index in [1.807, 2.05) is 32.9 Å². The van der Waals surface area contributed by atoms with Gasteiger partial charge in [0.1, 0.15) is 11.5 Å². The molecule has 0 aliphatic carbocycles. The van der Waals surface area contributed by atoms with E-state index >= 15 is 0 Å². The van der Waals surface area contributed by atoms with Gasteiger partial charge in [0.05, 0.1) is 6.61 Å². The van der Waals surface area contributed by atoms with Gasteiger partial charge in [0, 0.05) is 12.6 Å². The Hall–Kier alpha value is -1.75. The Bertz CT molecular complexity index is 393. The van der Waals surface area contributed by atoms with Crippen LogP contribution < -0.4 is 20.1 Å². The van der Waals surface area contributed by atoms with Crippen LogP contribution in [-0.2, 0) is 4.79 Å². The van der Waals surface area contributed by atoms with Gasteiger partial charge >= 0.3 is 0 Å². The highest BCUT2D eigenvalue weighted by molar-refractivity contribution is 5.77. The third-order valence-corrected chi connectivity index (χ3v) is 2.66. The molecule has 0 unspecified atom stereocenters. The topological polar surface area (TPSA) is 59.6 Å². The van der Waals surface area contributed by atoms with Crippen molar-refractivity contribution < 1.29 is 14.3 Å². The number of rotatable bonds is 9. The monoisotopic (exact) mass is 280 g/mol. The average molecular weight is 280 g/mol. The smallest absolute Gasteiger partial charge is 0.257 e. The van der Waals surface area contributed by atoms with Gasteiger partial charge in [-0.15, -0.1) is 0 Å². The highest BCUT2D eigenvalue weighted by atomic mass is 16.5. The number of amides is 1. The Morgan fingerprint density at radius 2 is 1.75 bits per heavy atom. The molecule has 0 aromatic heterocycles. The van der Waals surface area contributed by atoms with E-state index in [4.69, 9.17) is 9.47 Å². The third kappa shape index (κ3) is 6.43. The lowest BCUT2D eigenvalue weighted by atomic mass is 10.3. The summed E-state index contributed by atoms with van der Waals surface area (Å²) >= 11 is 0. The van der Waals surface area contributed by atoms with Gasteiger partial charge in [-0.2, -0.15) is 0 Å². The molecule has 0 bridgehead atoms. The lowest BCUT2D eigenvalue weighted by Crippen LogP contribution is -2.40. The molecule has 1 amide bonds.